The van der Waals surface area contributed by atoms with Crippen LogP contribution in [0.1, 0.15) is 58.9 Å². The largest absolute Gasteiger partial charge is 0.443 e. The summed E-state index contributed by atoms with van der Waals surface area (Å²) in [7, 11) is 0. The van der Waals surface area contributed by atoms with E-state index in [1.165, 1.54) is 23.3 Å². The highest BCUT2D eigenvalue weighted by molar-refractivity contribution is 5.87. The highest BCUT2D eigenvalue weighted by atomic mass is 16.6. The molecule has 1 aromatic rings. The number of hydrogen-bond donors (Lipinski definition) is 0. The van der Waals surface area contributed by atoms with Crippen molar-refractivity contribution in [3.8, 4) is 0 Å². The molecule has 3 rings (SSSR count). The van der Waals surface area contributed by atoms with Gasteiger partial charge >= 0.3 is 6.09 Å². The number of nitrogens with zero attached hydrogens (tertiary/aromatic N) is 2. The van der Waals surface area contributed by atoms with Gasteiger partial charge in [-0.3, -0.25) is 4.90 Å². The van der Waals surface area contributed by atoms with Crippen molar-refractivity contribution in [3.05, 3.63) is 53.3 Å². The molecule has 1 aliphatic heterocycles. The third kappa shape index (κ3) is 6.12. The summed E-state index contributed by atoms with van der Waals surface area (Å²) in [5, 5.41) is 0. The van der Waals surface area contributed by atoms with E-state index in [0.717, 1.165) is 38.0 Å². The Kier molecular flexibility index (Phi) is 6.71. The van der Waals surface area contributed by atoms with Gasteiger partial charge in [0, 0.05) is 31.0 Å². The maximum atomic E-state index is 12.9. The van der Waals surface area contributed by atoms with Crippen LogP contribution in [0.3, 0.4) is 0 Å². The minimum absolute atomic E-state index is 0.251. The summed E-state index contributed by atoms with van der Waals surface area (Å²) in [4.78, 5) is 17.3. The van der Waals surface area contributed by atoms with E-state index in [-0.39, 0.29) is 6.09 Å². The van der Waals surface area contributed by atoms with E-state index in [1.807, 2.05) is 37.8 Å². The molecule has 1 fully saturated rings. The third-order valence-electron chi connectivity index (χ3n) is 5.76. The van der Waals surface area contributed by atoms with Crippen LogP contribution in [0.15, 0.2) is 47.7 Å². The lowest BCUT2D eigenvalue weighted by atomic mass is 9.94. The number of hydrogen-bond acceptors (Lipinski definition) is 3. The first-order valence-electron chi connectivity index (χ1n) is 10.9. The number of carbonyl (C=O) groups is 1. The second-order valence-electron chi connectivity index (χ2n) is 9.53. The molecule has 1 aliphatic carbocycles. The Labute approximate surface area is 176 Å². The van der Waals surface area contributed by atoms with Crippen molar-refractivity contribution in [3.63, 3.8) is 0 Å². The van der Waals surface area contributed by atoms with Gasteiger partial charge in [-0.2, -0.15) is 0 Å². The van der Waals surface area contributed by atoms with Crippen molar-refractivity contribution in [1.29, 1.82) is 0 Å². The molecule has 1 amide bonds. The molecule has 4 heteroatoms. The lowest BCUT2D eigenvalue weighted by Crippen LogP contribution is -2.43. The molecule has 29 heavy (non-hydrogen) atoms. The van der Waals surface area contributed by atoms with E-state index in [4.69, 9.17) is 4.74 Å². The first kappa shape index (κ1) is 21.5. The minimum Gasteiger partial charge on any atom is -0.443 e. The summed E-state index contributed by atoms with van der Waals surface area (Å²) >= 11 is 0. The lowest BCUT2D eigenvalue weighted by molar-refractivity contribution is 0.0569. The first-order valence-corrected chi connectivity index (χ1v) is 10.9. The van der Waals surface area contributed by atoms with Gasteiger partial charge in [0.2, 0.25) is 0 Å². The van der Waals surface area contributed by atoms with Crippen molar-refractivity contribution in [2.75, 3.05) is 24.5 Å². The molecule has 0 bridgehead atoms. The van der Waals surface area contributed by atoms with Crippen LogP contribution in [0.2, 0.25) is 0 Å². The van der Waals surface area contributed by atoms with Crippen molar-refractivity contribution in [1.82, 2.24) is 4.90 Å². The van der Waals surface area contributed by atoms with Gasteiger partial charge in [0.15, 0.2) is 0 Å². The average Bonchev–Trinajstić information content (AvgIpc) is 2.67. The third-order valence-corrected chi connectivity index (χ3v) is 5.76. The Bertz CT molecular complexity index is 763. The summed E-state index contributed by atoms with van der Waals surface area (Å²) in [6, 6.07) is 8.16. The van der Waals surface area contributed by atoms with Crippen LogP contribution < -0.4 is 4.90 Å². The highest BCUT2D eigenvalue weighted by Gasteiger charge is 2.28. The zero-order valence-electron chi connectivity index (χ0n) is 18.7. The van der Waals surface area contributed by atoms with Crippen LogP contribution in [0.25, 0.3) is 0 Å². The second-order valence-corrected chi connectivity index (χ2v) is 9.53. The van der Waals surface area contributed by atoms with Crippen LogP contribution in [-0.2, 0) is 4.74 Å². The molecule has 1 aromatic carbocycles. The number of ether oxygens (including phenoxy) is 1. The van der Waals surface area contributed by atoms with Crippen molar-refractivity contribution < 1.29 is 9.53 Å². The summed E-state index contributed by atoms with van der Waals surface area (Å²) < 4.78 is 5.71. The number of amides is 1. The van der Waals surface area contributed by atoms with Gasteiger partial charge in [-0.15, -0.1) is 0 Å². The fraction of sp³-hybridized carbons (Fsp3) is 0.560. The van der Waals surface area contributed by atoms with Gasteiger partial charge in [0.25, 0.3) is 0 Å². The molecule has 158 valence electrons. The highest BCUT2D eigenvalue weighted by Crippen LogP contribution is 2.28. The number of piperidine rings is 1. The Hall–Kier alpha value is -2.23. The van der Waals surface area contributed by atoms with Gasteiger partial charge in [-0.05, 0) is 84.4 Å². The number of anilines is 1. The second kappa shape index (κ2) is 9.06. The quantitative estimate of drug-likeness (QED) is 0.619. The summed E-state index contributed by atoms with van der Waals surface area (Å²) in [5.41, 5.74) is 4.55. The molecule has 0 radical (unpaired) electrons. The summed E-state index contributed by atoms with van der Waals surface area (Å²) in [6.45, 7) is 12.9. The van der Waals surface area contributed by atoms with Crippen molar-refractivity contribution in [2.45, 2.75) is 65.9 Å². The van der Waals surface area contributed by atoms with Crippen LogP contribution in [0.4, 0.5) is 10.5 Å². The van der Waals surface area contributed by atoms with Crippen molar-refractivity contribution in [2.24, 2.45) is 5.92 Å². The molecule has 4 nitrogen and oxygen atoms in total. The van der Waals surface area contributed by atoms with Crippen molar-refractivity contribution >= 4 is 11.8 Å². The van der Waals surface area contributed by atoms with Gasteiger partial charge in [0.1, 0.15) is 5.60 Å². The zero-order chi connectivity index (χ0) is 21.0. The van der Waals surface area contributed by atoms with E-state index in [2.05, 4.69) is 43.0 Å². The fourth-order valence-corrected chi connectivity index (χ4v) is 3.98. The van der Waals surface area contributed by atoms with E-state index in [1.54, 1.807) is 0 Å². The summed E-state index contributed by atoms with van der Waals surface area (Å²) in [6.07, 6.45) is 8.83. The minimum atomic E-state index is -0.498. The standard InChI is InChI=1S/C25H36N2O2/c1-19-6-10-22(11-7-19)26-16-14-21(15-17-26)18-27(24(28)29-25(3,4)5)23-12-8-20(2)9-13-23/h6,8-10,12-13,21H,7,11,14-18H2,1-5H3. The normalized spacial score (nSPS) is 18.2. The topological polar surface area (TPSA) is 32.8 Å². The molecule has 1 heterocycles. The van der Waals surface area contributed by atoms with Gasteiger partial charge in [-0.25, -0.2) is 4.79 Å². The van der Waals surface area contributed by atoms with E-state index < -0.39 is 5.60 Å². The maximum absolute atomic E-state index is 12.9. The molecule has 0 saturated carbocycles. The molecular weight excluding hydrogens is 360 g/mol. The number of aryl methyl sites for hydroxylation is 1. The lowest BCUT2D eigenvalue weighted by Gasteiger charge is -2.38. The van der Waals surface area contributed by atoms with E-state index >= 15 is 0 Å². The first-order chi connectivity index (χ1) is 13.7. The number of allylic oxidation sites excluding steroid dienone is 4. The van der Waals surface area contributed by atoms with Gasteiger partial charge < -0.3 is 9.64 Å². The van der Waals surface area contributed by atoms with Crippen LogP contribution in [0, 0.1) is 12.8 Å². The van der Waals surface area contributed by atoms with Crippen LogP contribution in [-0.4, -0.2) is 36.2 Å². The molecule has 0 spiro atoms. The molecule has 0 unspecified atom stereocenters. The Morgan fingerprint density at radius 3 is 2.28 bits per heavy atom. The number of rotatable bonds is 4. The van der Waals surface area contributed by atoms with Gasteiger partial charge in [0.05, 0.1) is 0 Å². The zero-order valence-corrected chi connectivity index (χ0v) is 18.7. The molecule has 2 aliphatic rings. The predicted octanol–water partition coefficient (Wildman–Crippen LogP) is 6.07. The predicted molar refractivity (Wildman–Crippen MR) is 120 cm³/mol. The molecule has 0 N–H and O–H groups in total. The average molecular weight is 397 g/mol. The Morgan fingerprint density at radius 1 is 1.07 bits per heavy atom. The fourth-order valence-electron chi connectivity index (χ4n) is 3.98. The molecule has 0 atom stereocenters. The van der Waals surface area contributed by atoms with Crippen LogP contribution >= 0.6 is 0 Å². The maximum Gasteiger partial charge on any atom is 0.414 e. The smallest absolute Gasteiger partial charge is 0.414 e. The van der Waals surface area contributed by atoms with E-state index in [0.29, 0.717) is 12.5 Å². The Balaban J connectivity index is 1.65. The van der Waals surface area contributed by atoms with E-state index in [9.17, 15) is 4.79 Å². The SMILES string of the molecule is CC1=CC=C(N2CCC(CN(C(=O)OC(C)(C)C)c3ccc(C)cc3)CC2)CC1. The number of likely N-dealkylation sites (tertiary alicyclic amines) is 1. The van der Waals surface area contributed by atoms with Gasteiger partial charge in [-0.1, -0.05) is 29.3 Å². The Morgan fingerprint density at radius 2 is 1.72 bits per heavy atom. The number of carbonyl (C=O) groups excluding carboxylic acids is 1. The summed E-state index contributed by atoms with van der Waals surface area (Å²) in [5.74, 6) is 0.488. The van der Waals surface area contributed by atoms with Crippen LogP contribution in [0.5, 0.6) is 0 Å². The number of benzene rings is 1. The molecule has 0 aromatic heterocycles. The monoisotopic (exact) mass is 396 g/mol. The molecule has 1 saturated heterocycles. The molecular formula is C25H36N2O2.